The molecule has 0 spiro atoms. The number of benzene rings is 2. The van der Waals surface area contributed by atoms with E-state index in [-0.39, 0.29) is 12.5 Å². The molecule has 0 heterocycles. The third kappa shape index (κ3) is 5.38. The fourth-order valence-corrected chi connectivity index (χ4v) is 2.44. The van der Waals surface area contributed by atoms with Gasteiger partial charge in [0.1, 0.15) is 6.54 Å². The third-order valence-electron chi connectivity index (χ3n) is 3.70. The summed E-state index contributed by atoms with van der Waals surface area (Å²) < 4.78 is 10.8. The van der Waals surface area contributed by atoms with Crippen LogP contribution in [0.3, 0.4) is 0 Å². The summed E-state index contributed by atoms with van der Waals surface area (Å²) in [5.74, 6) is 1.05. The first-order valence-corrected chi connectivity index (χ1v) is 8.36. The van der Waals surface area contributed by atoms with Crippen molar-refractivity contribution in [2.75, 3.05) is 20.3 Å². The number of ether oxygens (including phenoxy) is 2. The summed E-state index contributed by atoms with van der Waals surface area (Å²) in [6.45, 7) is 2.88. The van der Waals surface area contributed by atoms with Gasteiger partial charge in [-0.25, -0.2) is 0 Å². The number of methoxy groups -OCH3 is 1. The van der Waals surface area contributed by atoms with Gasteiger partial charge in [-0.05, 0) is 36.3 Å². The van der Waals surface area contributed by atoms with Crippen LogP contribution in [0.1, 0.15) is 18.1 Å². The van der Waals surface area contributed by atoms with Crippen molar-refractivity contribution in [2.24, 2.45) is 0 Å². The zero-order valence-electron chi connectivity index (χ0n) is 15.0. The van der Waals surface area contributed by atoms with Gasteiger partial charge < -0.3 is 14.4 Å². The van der Waals surface area contributed by atoms with Crippen LogP contribution in [0.5, 0.6) is 11.5 Å². The van der Waals surface area contributed by atoms with Crippen LogP contribution in [0.25, 0.3) is 6.08 Å². The monoisotopic (exact) mass is 350 g/mol. The predicted octanol–water partition coefficient (Wildman–Crippen LogP) is 3.66. The second-order valence-corrected chi connectivity index (χ2v) is 5.51. The minimum Gasteiger partial charge on any atom is -0.493 e. The Kier molecular flexibility index (Phi) is 7.26. The van der Waals surface area contributed by atoms with Crippen molar-refractivity contribution in [3.8, 4) is 17.6 Å². The molecule has 0 unspecified atom stereocenters. The average molecular weight is 350 g/mol. The molecule has 0 aromatic heterocycles. The Morgan fingerprint density at radius 3 is 2.62 bits per heavy atom. The van der Waals surface area contributed by atoms with Crippen molar-refractivity contribution in [3.05, 3.63) is 65.7 Å². The second-order valence-electron chi connectivity index (χ2n) is 5.51. The molecular formula is C21H22N2O3. The lowest BCUT2D eigenvalue weighted by molar-refractivity contribution is -0.125. The molecule has 0 aliphatic carbocycles. The van der Waals surface area contributed by atoms with Gasteiger partial charge in [0.15, 0.2) is 11.5 Å². The highest BCUT2D eigenvalue weighted by atomic mass is 16.5. The fraction of sp³-hybridized carbons (Fsp3) is 0.238. The van der Waals surface area contributed by atoms with E-state index in [9.17, 15) is 4.79 Å². The van der Waals surface area contributed by atoms with E-state index < -0.39 is 0 Å². The van der Waals surface area contributed by atoms with Crippen LogP contribution in [0.15, 0.2) is 54.6 Å². The van der Waals surface area contributed by atoms with E-state index in [1.165, 1.54) is 11.0 Å². The highest BCUT2D eigenvalue weighted by Crippen LogP contribution is 2.28. The molecule has 0 saturated carbocycles. The maximum absolute atomic E-state index is 12.5. The zero-order chi connectivity index (χ0) is 18.8. The number of rotatable bonds is 8. The van der Waals surface area contributed by atoms with E-state index in [0.717, 1.165) is 11.1 Å². The highest BCUT2D eigenvalue weighted by molar-refractivity contribution is 5.92. The summed E-state index contributed by atoms with van der Waals surface area (Å²) in [5.41, 5.74) is 1.79. The normalized spacial score (nSPS) is 10.3. The first-order valence-electron chi connectivity index (χ1n) is 8.36. The van der Waals surface area contributed by atoms with Crippen molar-refractivity contribution < 1.29 is 14.3 Å². The van der Waals surface area contributed by atoms with Crippen molar-refractivity contribution in [3.63, 3.8) is 0 Å². The number of hydrogen-bond donors (Lipinski definition) is 0. The Morgan fingerprint density at radius 2 is 1.96 bits per heavy atom. The van der Waals surface area contributed by atoms with E-state index in [1.54, 1.807) is 19.3 Å². The predicted molar refractivity (Wildman–Crippen MR) is 101 cm³/mol. The molecule has 0 N–H and O–H groups in total. The standard InChI is InChI=1S/C21H22N2O3/c1-3-26-19-11-9-17(15-20(19)25-2)10-12-21(24)23(14-13-22)16-18-7-5-4-6-8-18/h4-12,15H,3,14,16H2,1-2H3/b12-10+. The van der Waals surface area contributed by atoms with Gasteiger partial charge in [0.25, 0.3) is 0 Å². The molecule has 0 aliphatic rings. The van der Waals surface area contributed by atoms with Gasteiger partial charge in [-0.1, -0.05) is 36.4 Å². The quantitative estimate of drug-likeness (QED) is 0.538. The van der Waals surface area contributed by atoms with Gasteiger partial charge in [0, 0.05) is 12.6 Å². The van der Waals surface area contributed by atoms with Crippen LogP contribution < -0.4 is 9.47 Å². The van der Waals surface area contributed by atoms with E-state index >= 15 is 0 Å². The minimum atomic E-state index is -0.219. The Bertz CT molecular complexity index is 795. The number of nitriles is 1. The highest BCUT2D eigenvalue weighted by Gasteiger charge is 2.11. The molecule has 2 rings (SSSR count). The third-order valence-corrected chi connectivity index (χ3v) is 3.70. The van der Waals surface area contributed by atoms with E-state index in [4.69, 9.17) is 14.7 Å². The maximum atomic E-state index is 12.5. The molecule has 5 nitrogen and oxygen atoms in total. The number of hydrogen-bond acceptors (Lipinski definition) is 4. The topological polar surface area (TPSA) is 62.6 Å². The summed E-state index contributed by atoms with van der Waals surface area (Å²) >= 11 is 0. The number of carbonyl (C=O) groups is 1. The summed E-state index contributed by atoms with van der Waals surface area (Å²) in [6, 6.07) is 17.1. The molecule has 134 valence electrons. The first-order chi connectivity index (χ1) is 12.7. The van der Waals surface area contributed by atoms with Crippen LogP contribution in [-0.4, -0.2) is 31.1 Å². The summed E-state index contributed by atoms with van der Waals surface area (Å²) in [5, 5.41) is 9.00. The molecule has 0 bridgehead atoms. The second kappa shape index (κ2) is 9.90. The van der Waals surface area contributed by atoms with Gasteiger partial charge >= 0.3 is 0 Å². The Hall–Kier alpha value is -3.26. The van der Waals surface area contributed by atoms with Gasteiger partial charge in [-0.2, -0.15) is 5.26 Å². The molecule has 0 fully saturated rings. The van der Waals surface area contributed by atoms with Crippen LogP contribution in [-0.2, 0) is 11.3 Å². The van der Waals surface area contributed by atoms with Crippen molar-refractivity contribution in [1.29, 1.82) is 5.26 Å². The van der Waals surface area contributed by atoms with Crippen LogP contribution in [0.2, 0.25) is 0 Å². The molecule has 2 aromatic carbocycles. The number of nitrogens with zero attached hydrogens (tertiary/aromatic N) is 2. The molecule has 0 radical (unpaired) electrons. The first kappa shape index (κ1) is 19.1. The lowest BCUT2D eigenvalue weighted by Crippen LogP contribution is -2.29. The molecule has 0 aliphatic heterocycles. The Balaban J connectivity index is 2.11. The Morgan fingerprint density at radius 1 is 1.19 bits per heavy atom. The van der Waals surface area contributed by atoms with Crippen LogP contribution in [0.4, 0.5) is 0 Å². The number of amides is 1. The van der Waals surface area contributed by atoms with Crippen molar-refractivity contribution in [1.82, 2.24) is 4.90 Å². The molecule has 2 aromatic rings. The summed E-state index contributed by atoms with van der Waals surface area (Å²) in [6.07, 6.45) is 3.17. The molecule has 0 atom stereocenters. The minimum absolute atomic E-state index is 0.0324. The van der Waals surface area contributed by atoms with E-state index in [0.29, 0.717) is 24.7 Å². The summed E-state index contributed by atoms with van der Waals surface area (Å²) in [4.78, 5) is 14.0. The van der Waals surface area contributed by atoms with Gasteiger partial charge in [-0.3, -0.25) is 4.79 Å². The molecule has 0 saturated heterocycles. The maximum Gasteiger partial charge on any atom is 0.247 e. The fourth-order valence-electron chi connectivity index (χ4n) is 2.44. The van der Waals surface area contributed by atoms with Crippen molar-refractivity contribution in [2.45, 2.75) is 13.5 Å². The lowest BCUT2D eigenvalue weighted by Gasteiger charge is -2.17. The molecule has 5 heteroatoms. The van der Waals surface area contributed by atoms with Gasteiger partial charge in [-0.15, -0.1) is 0 Å². The lowest BCUT2D eigenvalue weighted by atomic mass is 10.1. The largest absolute Gasteiger partial charge is 0.493 e. The average Bonchev–Trinajstić information content (AvgIpc) is 2.67. The van der Waals surface area contributed by atoms with Crippen molar-refractivity contribution >= 4 is 12.0 Å². The van der Waals surface area contributed by atoms with Crippen LogP contribution >= 0.6 is 0 Å². The van der Waals surface area contributed by atoms with Crippen LogP contribution in [0, 0.1) is 11.3 Å². The summed E-state index contributed by atoms with van der Waals surface area (Å²) in [7, 11) is 1.57. The van der Waals surface area contributed by atoms with Gasteiger partial charge in [0.2, 0.25) is 5.91 Å². The smallest absolute Gasteiger partial charge is 0.247 e. The zero-order valence-corrected chi connectivity index (χ0v) is 15.0. The number of carbonyl (C=O) groups excluding carboxylic acids is 1. The molecular weight excluding hydrogens is 328 g/mol. The van der Waals surface area contributed by atoms with Gasteiger partial charge in [0.05, 0.1) is 19.8 Å². The van der Waals surface area contributed by atoms with E-state index in [1.807, 2.05) is 55.5 Å². The molecule has 26 heavy (non-hydrogen) atoms. The Labute approximate surface area is 154 Å². The molecule has 1 amide bonds. The SMILES string of the molecule is CCOc1ccc(/C=C/C(=O)N(CC#N)Cc2ccccc2)cc1OC. The van der Waals surface area contributed by atoms with E-state index in [2.05, 4.69) is 0 Å².